The smallest absolute Gasteiger partial charge is 0.272 e. The number of nitrogen functional groups attached to an aromatic ring is 1. The summed E-state index contributed by atoms with van der Waals surface area (Å²) in [5.41, 5.74) is 7.55. The fraction of sp³-hybridized carbons (Fsp3) is 0.154. The lowest BCUT2D eigenvalue weighted by Crippen LogP contribution is -2.15. The number of nitrogens with zero attached hydrogens (tertiary/aromatic N) is 1. The van der Waals surface area contributed by atoms with Gasteiger partial charge in [-0.25, -0.2) is 8.42 Å². The van der Waals surface area contributed by atoms with Gasteiger partial charge in [0.1, 0.15) is 5.69 Å². The fourth-order valence-corrected chi connectivity index (χ4v) is 2.41. The molecular formula is C13H16N4O3S. The molecule has 1 heterocycles. The van der Waals surface area contributed by atoms with Crippen LogP contribution in [0.4, 0.5) is 17.1 Å². The zero-order valence-electron chi connectivity index (χ0n) is 11.6. The summed E-state index contributed by atoms with van der Waals surface area (Å²) in [6.45, 7) is 0. The van der Waals surface area contributed by atoms with Gasteiger partial charge in [-0.05, 0) is 30.3 Å². The zero-order chi connectivity index (χ0) is 15.6. The Labute approximate surface area is 122 Å². The lowest BCUT2D eigenvalue weighted by atomic mass is 10.2. The second-order valence-electron chi connectivity index (χ2n) is 4.68. The Bertz CT molecular complexity index is 763. The molecule has 112 valence electrons. The quantitative estimate of drug-likeness (QED) is 0.789. The summed E-state index contributed by atoms with van der Waals surface area (Å²) in [4.78, 5) is 12.1. The number of anilines is 3. The Morgan fingerprint density at radius 1 is 1.19 bits per heavy atom. The summed E-state index contributed by atoms with van der Waals surface area (Å²) < 4.78 is 26.2. The van der Waals surface area contributed by atoms with Crippen molar-refractivity contribution in [3.05, 3.63) is 42.2 Å². The van der Waals surface area contributed by atoms with Crippen molar-refractivity contribution in [2.45, 2.75) is 0 Å². The van der Waals surface area contributed by atoms with Gasteiger partial charge in [0.2, 0.25) is 10.0 Å². The van der Waals surface area contributed by atoms with Gasteiger partial charge < -0.3 is 15.6 Å². The van der Waals surface area contributed by atoms with Crippen LogP contribution in [-0.4, -0.2) is 25.1 Å². The van der Waals surface area contributed by atoms with Gasteiger partial charge in [-0.2, -0.15) is 0 Å². The van der Waals surface area contributed by atoms with Gasteiger partial charge in [-0.1, -0.05) is 0 Å². The third-order valence-corrected chi connectivity index (χ3v) is 3.31. The zero-order valence-corrected chi connectivity index (χ0v) is 12.4. The normalized spacial score (nSPS) is 11.1. The van der Waals surface area contributed by atoms with E-state index in [0.717, 1.165) is 6.26 Å². The number of carbonyl (C=O) groups excluding carboxylic acids is 1. The molecule has 0 fully saturated rings. The molecule has 0 spiro atoms. The topological polar surface area (TPSA) is 106 Å². The van der Waals surface area contributed by atoms with Crippen LogP contribution in [0, 0.1) is 0 Å². The largest absolute Gasteiger partial charge is 0.397 e. The minimum Gasteiger partial charge on any atom is -0.397 e. The van der Waals surface area contributed by atoms with E-state index >= 15 is 0 Å². The Balaban J connectivity index is 2.10. The summed E-state index contributed by atoms with van der Waals surface area (Å²) in [6, 6.07) is 7.93. The fourth-order valence-electron chi connectivity index (χ4n) is 1.85. The molecule has 4 N–H and O–H groups in total. The monoisotopic (exact) mass is 308 g/mol. The first-order valence-electron chi connectivity index (χ1n) is 6.05. The van der Waals surface area contributed by atoms with E-state index in [4.69, 9.17) is 5.73 Å². The predicted molar refractivity (Wildman–Crippen MR) is 82.7 cm³/mol. The number of sulfonamides is 1. The highest BCUT2D eigenvalue weighted by Gasteiger charge is 2.11. The molecule has 8 heteroatoms. The van der Waals surface area contributed by atoms with Crippen LogP contribution < -0.4 is 15.8 Å². The van der Waals surface area contributed by atoms with E-state index in [-0.39, 0.29) is 5.91 Å². The molecule has 0 aliphatic carbocycles. The molecule has 21 heavy (non-hydrogen) atoms. The number of aromatic nitrogens is 1. The molecule has 0 saturated heterocycles. The number of carbonyl (C=O) groups is 1. The lowest BCUT2D eigenvalue weighted by molar-refractivity contribution is 0.101. The number of amides is 1. The molecular weight excluding hydrogens is 292 g/mol. The summed E-state index contributed by atoms with van der Waals surface area (Å²) in [7, 11) is -1.59. The van der Waals surface area contributed by atoms with Crippen molar-refractivity contribution in [3.63, 3.8) is 0 Å². The molecule has 1 amide bonds. The third-order valence-electron chi connectivity index (χ3n) is 2.70. The molecule has 0 atom stereocenters. The molecule has 0 aliphatic heterocycles. The van der Waals surface area contributed by atoms with Crippen molar-refractivity contribution in [2.75, 3.05) is 22.0 Å². The first kappa shape index (κ1) is 14.9. The number of nitrogens with one attached hydrogen (secondary N) is 2. The Morgan fingerprint density at radius 2 is 1.76 bits per heavy atom. The minimum absolute atomic E-state index is 0.293. The van der Waals surface area contributed by atoms with Gasteiger partial charge in [0.25, 0.3) is 5.91 Å². The summed E-state index contributed by atoms with van der Waals surface area (Å²) in [5.74, 6) is -0.293. The number of hydrogen-bond donors (Lipinski definition) is 3. The van der Waals surface area contributed by atoms with Gasteiger partial charge in [-0.3, -0.25) is 9.52 Å². The van der Waals surface area contributed by atoms with Crippen LogP contribution in [0.1, 0.15) is 10.5 Å². The first-order valence-corrected chi connectivity index (χ1v) is 7.95. The Morgan fingerprint density at radius 3 is 2.24 bits per heavy atom. The van der Waals surface area contributed by atoms with Gasteiger partial charge in [0.15, 0.2) is 0 Å². The summed E-state index contributed by atoms with van der Waals surface area (Å²) in [5, 5.41) is 2.71. The number of rotatable bonds is 4. The summed E-state index contributed by atoms with van der Waals surface area (Å²) >= 11 is 0. The number of benzene rings is 1. The average molecular weight is 308 g/mol. The van der Waals surface area contributed by atoms with Crippen molar-refractivity contribution in [2.24, 2.45) is 7.05 Å². The molecule has 0 unspecified atom stereocenters. The second kappa shape index (κ2) is 5.49. The molecule has 7 nitrogen and oxygen atoms in total. The van der Waals surface area contributed by atoms with Crippen LogP contribution in [0.25, 0.3) is 0 Å². The molecule has 0 saturated carbocycles. The maximum absolute atomic E-state index is 12.1. The number of nitrogens with two attached hydrogens (primary N) is 1. The molecule has 0 bridgehead atoms. The van der Waals surface area contributed by atoms with Crippen molar-refractivity contribution in [3.8, 4) is 0 Å². The third kappa shape index (κ3) is 3.99. The maximum atomic E-state index is 12.1. The van der Waals surface area contributed by atoms with E-state index in [9.17, 15) is 13.2 Å². The highest BCUT2D eigenvalue weighted by Crippen LogP contribution is 2.16. The van der Waals surface area contributed by atoms with E-state index in [2.05, 4.69) is 10.0 Å². The second-order valence-corrected chi connectivity index (χ2v) is 6.42. The number of hydrogen-bond acceptors (Lipinski definition) is 4. The van der Waals surface area contributed by atoms with E-state index in [1.165, 1.54) is 0 Å². The standard InChI is InChI=1S/C13H16N4O3S/c1-17-8-9(14)7-12(17)13(18)15-10-3-5-11(6-4-10)16-21(2,19)20/h3-8,16H,14H2,1-2H3,(H,15,18). The van der Waals surface area contributed by atoms with Crippen LogP contribution in [0.2, 0.25) is 0 Å². The highest BCUT2D eigenvalue weighted by molar-refractivity contribution is 7.92. The average Bonchev–Trinajstić information content (AvgIpc) is 2.69. The Kier molecular flexibility index (Phi) is 3.90. The highest BCUT2D eigenvalue weighted by atomic mass is 32.2. The minimum atomic E-state index is -3.31. The van der Waals surface area contributed by atoms with E-state index < -0.39 is 10.0 Å². The van der Waals surface area contributed by atoms with E-state index in [1.54, 1.807) is 48.1 Å². The molecule has 2 rings (SSSR count). The van der Waals surface area contributed by atoms with Crippen LogP contribution >= 0.6 is 0 Å². The van der Waals surface area contributed by atoms with Crippen LogP contribution in [-0.2, 0) is 17.1 Å². The Hall–Kier alpha value is -2.48. The van der Waals surface area contributed by atoms with E-state index in [0.29, 0.717) is 22.8 Å². The van der Waals surface area contributed by atoms with Crippen molar-refractivity contribution >= 4 is 33.0 Å². The SMILES string of the molecule is Cn1cc(N)cc1C(=O)Nc1ccc(NS(C)(=O)=O)cc1. The van der Waals surface area contributed by atoms with Crippen LogP contribution in [0.15, 0.2) is 36.5 Å². The van der Waals surface area contributed by atoms with Crippen LogP contribution in [0.5, 0.6) is 0 Å². The number of aryl methyl sites for hydroxylation is 1. The molecule has 1 aromatic heterocycles. The first-order chi connectivity index (χ1) is 9.74. The molecule has 0 radical (unpaired) electrons. The van der Waals surface area contributed by atoms with Gasteiger partial charge in [0, 0.05) is 24.6 Å². The predicted octanol–water partition coefficient (Wildman–Crippen LogP) is 1.23. The maximum Gasteiger partial charge on any atom is 0.272 e. The summed E-state index contributed by atoms with van der Waals surface area (Å²) in [6.07, 6.45) is 2.72. The molecule has 2 aromatic rings. The van der Waals surface area contributed by atoms with Gasteiger partial charge in [0.05, 0.1) is 11.9 Å². The van der Waals surface area contributed by atoms with Gasteiger partial charge in [-0.15, -0.1) is 0 Å². The van der Waals surface area contributed by atoms with Crippen molar-refractivity contribution in [1.29, 1.82) is 0 Å². The van der Waals surface area contributed by atoms with Crippen molar-refractivity contribution in [1.82, 2.24) is 4.57 Å². The van der Waals surface area contributed by atoms with Crippen LogP contribution in [0.3, 0.4) is 0 Å². The van der Waals surface area contributed by atoms with E-state index in [1.807, 2.05) is 0 Å². The molecule has 1 aromatic carbocycles. The van der Waals surface area contributed by atoms with Crippen molar-refractivity contribution < 1.29 is 13.2 Å². The lowest BCUT2D eigenvalue weighted by Gasteiger charge is -2.08. The molecule has 0 aliphatic rings. The van der Waals surface area contributed by atoms with Gasteiger partial charge >= 0.3 is 0 Å².